The zero-order valence-electron chi connectivity index (χ0n) is 14.5. The Morgan fingerprint density at radius 1 is 1.15 bits per heavy atom. The minimum atomic E-state index is -3.55. The summed E-state index contributed by atoms with van der Waals surface area (Å²) in [5.74, 6) is -0.128. The average molecular weight is 403 g/mol. The van der Waals surface area contributed by atoms with E-state index in [1.807, 2.05) is 18.2 Å². The SMILES string of the molecule is COc1ccc(S(=O)(=O)CCC(=O)Nc2nc(-c3ccccn3)cs2)cc1. The number of benzene rings is 1. The second kappa shape index (κ2) is 8.28. The lowest BCUT2D eigenvalue weighted by Gasteiger charge is -2.06. The fourth-order valence-electron chi connectivity index (χ4n) is 2.27. The number of aromatic nitrogens is 2. The van der Waals surface area contributed by atoms with Crippen molar-refractivity contribution in [2.24, 2.45) is 0 Å². The molecule has 3 aromatic rings. The number of pyridine rings is 1. The van der Waals surface area contributed by atoms with Gasteiger partial charge >= 0.3 is 0 Å². The Kier molecular flexibility index (Phi) is 5.82. The van der Waals surface area contributed by atoms with Crippen molar-refractivity contribution in [3.8, 4) is 17.1 Å². The van der Waals surface area contributed by atoms with Crippen molar-refractivity contribution < 1.29 is 17.9 Å². The highest BCUT2D eigenvalue weighted by atomic mass is 32.2. The molecule has 0 bridgehead atoms. The van der Waals surface area contributed by atoms with Gasteiger partial charge in [0.1, 0.15) is 11.4 Å². The van der Waals surface area contributed by atoms with E-state index in [9.17, 15) is 13.2 Å². The lowest BCUT2D eigenvalue weighted by atomic mass is 10.3. The van der Waals surface area contributed by atoms with Crippen LogP contribution in [0.1, 0.15) is 6.42 Å². The van der Waals surface area contributed by atoms with E-state index >= 15 is 0 Å². The molecule has 140 valence electrons. The maximum atomic E-state index is 12.3. The van der Waals surface area contributed by atoms with Crippen molar-refractivity contribution in [2.75, 3.05) is 18.2 Å². The van der Waals surface area contributed by atoms with Gasteiger partial charge in [0.05, 0.1) is 23.5 Å². The number of sulfone groups is 1. The largest absolute Gasteiger partial charge is 0.497 e. The van der Waals surface area contributed by atoms with E-state index in [0.29, 0.717) is 22.3 Å². The van der Waals surface area contributed by atoms with E-state index in [-0.39, 0.29) is 17.1 Å². The second-order valence-corrected chi connectivity index (χ2v) is 8.51. The quantitative estimate of drug-likeness (QED) is 0.651. The van der Waals surface area contributed by atoms with Crippen LogP contribution in [-0.2, 0) is 14.6 Å². The number of carbonyl (C=O) groups is 1. The first kappa shape index (κ1) is 19.0. The fourth-order valence-corrected chi connectivity index (χ4v) is 4.23. The summed E-state index contributed by atoms with van der Waals surface area (Å²) in [5, 5.41) is 4.82. The van der Waals surface area contributed by atoms with Gasteiger partial charge in [-0.2, -0.15) is 0 Å². The molecule has 0 spiro atoms. The summed E-state index contributed by atoms with van der Waals surface area (Å²) >= 11 is 1.26. The van der Waals surface area contributed by atoms with Crippen LogP contribution in [0, 0.1) is 0 Å². The average Bonchev–Trinajstić information content (AvgIpc) is 3.16. The van der Waals surface area contributed by atoms with Gasteiger partial charge in [-0.25, -0.2) is 13.4 Å². The molecular weight excluding hydrogens is 386 g/mol. The van der Waals surface area contributed by atoms with Crippen LogP contribution in [0.25, 0.3) is 11.4 Å². The van der Waals surface area contributed by atoms with E-state index in [1.54, 1.807) is 23.7 Å². The van der Waals surface area contributed by atoms with Crippen LogP contribution < -0.4 is 10.1 Å². The number of hydrogen-bond donors (Lipinski definition) is 1. The zero-order chi connectivity index (χ0) is 19.3. The molecule has 0 unspecified atom stereocenters. The summed E-state index contributed by atoms with van der Waals surface area (Å²) in [4.78, 5) is 20.7. The maximum absolute atomic E-state index is 12.3. The molecule has 0 saturated heterocycles. The van der Waals surface area contributed by atoms with Crippen molar-refractivity contribution in [2.45, 2.75) is 11.3 Å². The Labute approximate surface area is 161 Å². The summed E-state index contributed by atoms with van der Waals surface area (Å²) in [6, 6.07) is 11.6. The van der Waals surface area contributed by atoms with Crippen LogP contribution in [0.3, 0.4) is 0 Å². The fraction of sp³-hybridized carbons (Fsp3) is 0.167. The minimum Gasteiger partial charge on any atom is -0.497 e. The first-order valence-corrected chi connectivity index (χ1v) is 10.5. The molecular formula is C18H17N3O4S2. The van der Waals surface area contributed by atoms with E-state index in [0.717, 1.165) is 0 Å². The van der Waals surface area contributed by atoms with Crippen LogP contribution in [0.5, 0.6) is 5.75 Å². The van der Waals surface area contributed by atoms with Gasteiger partial charge in [0, 0.05) is 18.0 Å². The van der Waals surface area contributed by atoms with Gasteiger partial charge in [-0.1, -0.05) is 6.07 Å². The topological polar surface area (TPSA) is 98.2 Å². The first-order valence-electron chi connectivity index (χ1n) is 8.01. The second-order valence-electron chi connectivity index (χ2n) is 5.55. The van der Waals surface area contributed by atoms with Gasteiger partial charge in [-0.3, -0.25) is 9.78 Å². The third-order valence-electron chi connectivity index (χ3n) is 3.69. The number of nitrogens with zero attached hydrogens (tertiary/aromatic N) is 2. The highest BCUT2D eigenvalue weighted by Crippen LogP contribution is 2.23. The number of anilines is 1. The summed E-state index contributed by atoms with van der Waals surface area (Å²) < 4.78 is 29.7. The number of thiazole rings is 1. The van der Waals surface area contributed by atoms with E-state index in [2.05, 4.69) is 15.3 Å². The van der Waals surface area contributed by atoms with Crippen LogP contribution >= 0.6 is 11.3 Å². The Balaban J connectivity index is 1.58. The van der Waals surface area contributed by atoms with Crippen molar-refractivity contribution in [3.05, 3.63) is 54.0 Å². The van der Waals surface area contributed by atoms with E-state index in [4.69, 9.17) is 4.74 Å². The number of nitrogens with one attached hydrogen (secondary N) is 1. The molecule has 3 rings (SSSR count). The summed E-state index contributed by atoms with van der Waals surface area (Å²) in [7, 11) is -2.05. The molecule has 1 aromatic carbocycles. The van der Waals surface area contributed by atoms with Gasteiger partial charge in [0.25, 0.3) is 0 Å². The smallest absolute Gasteiger partial charge is 0.227 e. The summed E-state index contributed by atoms with van der Waals surface area (Å²) in [6.07, 6.45) is 1.50. The van der Waals surface area contributed by atoms with Crippen molar-refractivity contribution in [1.29, 1.82) is 0 Å². The van der Waals surface area contributed by atoms with Gasteiger partial charge in [0.15, 0.2) is 15.0 Å². The van der Waals surface area contributed by atoms with Crippen molar-refractivity contribution in [1.82, 2.24) is 9.97 Å². The Bertz CT molecular complexity index is 1020. The molecule has 0 aliphatic rings. The molecule has 1 N–H and O–H groups in total. The standard InChI is InChI=1S/C18H17N3O4S2/c1-25-13-5-7-14(8-6-13)27(23,24)11-9-17(22)21-18-20-16(12-26-18)15-4-2-3-10-19-15/h2-8,10,12H,9,11H2,1H3,(H,20,21,22). The van der Waals surface area contributed by atoms with Crippen LogP contribution in [0.4, 0.5) is 5.13 Å². The molecule has 0 radical (unpaired) electrons. The molecule has 2 aromatic heterocycles. The maximum Gasteiger partial charge on any atom is 0.227 e. The number of rotatable bonds is 7. The van der Waals surface area contributed by atoms with Gasteiger partial charge in [0.2, 0.25) is 5.91 Å². The molecule has 7 nitrogen and oxygen atoms in total. The van der Waals surface area contributed by atoms with Crippen molar-refractivity contribution >= 4 is 32.2 Å². The molecule has 9 heteroatoms. The molecule has 0 fully saturated rings. The lowest BCUT2D eigenvalue weighted by Crippen LogP contribution is -2.17. The molecule has 0 aliphatic heterocycles. The van der Waals surface area contributed by atoms with Crippen LogP contribution in [0.2, 0.25) is 0 Å². The molecule has 0 atom stereocenters. The summed E-state index contributed by atoms with van der Waals surface area (Å²) in [6.45, 7) is 0. The number of hydrogen-bond acceptors (Lipinski definition) is 7. The predicted octanol–water partition coefficient (Wildman–Crippen LogP) is 3.02. The first-order chi connectivity index (χ1) is 13.0. The molecule has 0 aliphatic carbocycles. The monoisotopic (exact) mass is 403 g/mol. The third kappa shape index (κ3) is 4.89. The Hall–Kier alpha value is -2.78. The van der Waals surface area contributed by atoms with Gasteiger partial charge in [-0.15, -0.1) is 11.3 Å². The predicted molar refractivity (Wildman–Crippen MR) is 104 cm³/mol. The lowest BCUT2D eigenvalue weighted by molar-refractivity contribution is -0.115. The van der Waals surface area contributed by atoms with Crippen LogP contribution in [-0.4, -0.2) is 37.2 Å². The number of amides is 1. The number of carbonyl (C=O) groups excluding carboxylic acids is 1. The van der Waals surface area contributed by atoms with E-state index in [1.165, 1.54) is 30.6 Å². The molecule has 27 heavy (non-hydrogen) atoms. The van der Waals surface area contributed by atoms with Gasteiger partial charge in [-0.05, 0) is 36.4 Å². The zero-order valence-corrected chi connectivity index (χ0v) is 16.1. The highest BCUT2D eigenvalue weighted by Gasteiger charge is 2.17. The summed E-state index contributed by atoms with van der Waals surface area (Å²) in [5.41, 5.74) is 1.36. The normalized spacial score (nSPS) is 11.1. The molecule has 1 amide bonds. The van der Waals surface area contributed by atoms with E-state index < -0.39 is 15.7 Å². The highest BCUT2D eigenvalue weighted by molar-refractivity contribution is 7.91. The molecule has 2 heterocycles. The van der Waals surface area contributed by atoms with Gasteiger partial charge < -0.3 is 10.1 Å². The number of ether oxygens (including phenoxy) is 1. The molecule has 0 saturated carbocycles. The van der Waals surface area contributed by atoms with Crippen LogP contribution in [0.15, 0.2) is 58.9 Å². The Morgan fingerprint density at radius 3 is 2.59 bits per heavy atom. The van der Waals surface area contributed by atoms with Crippen molar-refractivity contribution in [3.63, 3.8) is 0 Å². The number of methoxy groups -OCH3 is 1. The third-order valence-corrected chi connectivity index (χ3v) is 6.18. The Morgan fingerprint density at radius 2 is 1.93 bits per heavy atom. The minimum absolute atomic E-state index is 0.155.